The summed E-state index contributed by atoms with van der Waals surface area (Å²) in [7, 11) is 0. The molecule has 1 aromatic carbocycles. The maximum absolute atomic E-state index is 12.1. The summed E-state index contributed by atoms with van der Waals surface area (Å²) in [5.74, 6) is 0.947. The minimum absolute atomic E-state index is 0.174. The quantitative estimate of drug-likeness (QED) is 0.498. The normalized spacial score (nSPS) is 11.2. The van der Waals surface area contributed by atoms with Gasteiger partial charge in [0.1, 0.15) is 5.01 Å². The van der Waals surface area contributed by atoms with E-state index in [2.05, 4.69) is 20.3 Å². The molecule has 0 atom stereocenters. The van der Waals surface area contributed by atoms with E-state index in [0.717, 1.165) is 17.0 Å². The maximum Gasteiger partial charge on any atom is 0.277 e. The molecular weight excluding hydrogens is 358 g/mol. The molecule has 4 rings (SSSR count). The number of fused-ring (bicyclic) bond motifs is 1. The highest BCUT2D eigenvalue weighted by Crippen LogP contribution is 2.25. The van der Waals surface area contributed by atoms with Crippen molar-refractivity contribution in [1.82, 2.24) is 24.8 Å². The van der Waals surface area contributed by atoms with Crippen LogP contribution in [0.2, 0.25) is 0 Å². The fourth-order valence-corrected chi connectivity index (χ4v) is 3.73. The summed E-state index contributed by atoms with van der Waals surface area (Å²) < 4.78 is 7.00. The lowest BCUT2D eigenvalue weighted by atomic mass is 10.2. The number of aromatic nitrogens is 5. The van der Waals surface area contributed by atoms with Gasteiger partial charge < -0.3 is 4.42 Å². The average molecular weight is 371 g/mol. The van der Waals surface area contributed by atoms with E-state index < -0.39 is 0 Å². The Morgan fingerprint density at radius 1 is 1.24 bits per heavy atom. The van der Waals surface area contributed by atoms with Crippen LogP contribution in [-0.4, -0.2) is 24.8 Å². The summed E-state index contributed by atoms with van der Waals surface area (Å²) in [6.07, 6.45) is 0.780. The SMILES string of the molecule is CCc1nn2c(=O)cc(CSc3nnc(-c4ccccc4)o3)nc2s1. The van der Waals surface area contributed by atoms with Gasteiger partial charge in [-0.2, -0.15) is 9.61 Å². The number of hydrogen-bond acceptors (Lipinski definition) is 8. The van der Waals surface area contributed by atoms with E-state index in [9.17, 15) is 4.79 Å². The lowest BCUT2D eigenvalue weighted by Gasteiger charge is -1.97. The highest BCUT2D eigenvalue weighted by molar-refractivity contribution is 7.98. The topological polar surface area (TPSA) is 86.2 Å². The van der Waals surface area contributed by atoms with Crippen LogP contribution in [0.25, 0.3) is 16.4 Å². The van der Waals surface area contributed by atoms with Crippen LogP contribution in [0.3, 0.4) is 0 Å². The second-order valence-corrected chi connectivity index (χ2v) is 7.12. The number of hydrogen-bond donors (Lipinski definition) is 0. The zero-order valence-electron chi connectivity index (χ0n) is 13.2. The van der Waals surface area contributed by atoms with Crippen molar-refractivity contribution in [2.75, 3.05) is 0 Å². The Morgan fingerprint density at radius 3 is 2.88 bits per heavy atom. The molecule has 0 aliphatic heterocycles. The average Bonchev–Trinajstić information content (AvgIpc) is 3.28. The zero-order valence-corrected chi connectivity index (χ0v) is 14.9. The molecule has 0 radical (unpaired) electrons. The van der Waals surface area contributed by atoms with Crippen molar-refractivity contribution < 1.29 is 4.42 Å². The second-order valence-electron chi connectivity index (χ2n) is 5.16. The van der Waals surface area contributed by atoms with Gasteiger partial charge in [0.15, 0.2) is 0 Å². The molecule has 126 valence electrons. The molecule has 9 heteroatoms. The highest BCUT2D eigenvalue weighted by atomic mass is 32.2. The predicted molar refractivity (Wildman–Crippen MR) is 95.8 cm³/mol. The van der Waals surface area contributed by atoms with Crippen LogP contribution in [0.4, 0.5) is 0 Å². The van der Waals surface area contributed by atoms with Crippen molar-refractivity contribution in [3.8, 4) is 11.5 Å². The number of benzene rings is 1. The summed E-state index contributed by atoms with van der Waals surface area (Å²) in [6, 6.07) is 11.1. The molecule has 7 nitrogen and oxygen atoms in total. The first-order valence-corrected chi connectivity index (χ1v) is 9.43. The van der Waals surface area contributed by atoms with Crippen LogP contribution in [0.1, 0.15) is 17.6 Å². The van der Waals surface area contributed by atoms with Gasteiger partial charge in [-0.05, 0) is 18.6 Å². The van der Waals surface area contributed by atoms with E-state index in [1.54, 1.807) is 0 Å². The first-order chi connectivity index (χ1) is 12.2. The molecule has 3 heterocycles. The Bertz CT molecular complexity index is 1070. The van der Waals surface area contributed by atoms with Gasteiger partial charge in [-0.3, -0.25) is 4.79 Å². The minimum atomic E-state index is -0.174. The van der Waals surface area contributed by atoms with Gasteiger partial charge in [0.05, 0.1) is 5.69 Å². The molecule has 0 spiro atoms. The Balaban J connectivity index is 1.53. The molecule has 0 aliphatic carbocycles. The van der Waals surface area contributed by atoms with Crippen molar-refractivity contribution in [3.63, 3.8) is 0 Å². The first kappa shape index (κ1) is 16.0. The van der Waals surface area contributed by atoms with Crippen LogP contribution < -0.4 is 5.56 Å². The molecule has 0 fully saturated rings. The Labute approximate surface area is 150 Å². The van der Waals surface area contributed by atoms with Gasteiger partial charge >= 0.3 is 0 Å². The monoisotopic (exact) mass is 371 g/mol. The molecule has 0 saturated carbocycles. The lowest BCUT2D eigenvalue weighted by molar-refractivity contribution is 0.466. The third kappa shape index (κ3) is 3.33. The number of rotatable bonds is 5. The van der Waals surface area contributed by atoms with E-state index in [1.165, 1.54) is 33.7 Å². The van der Waals surface area contributed by atoms with Crippen LogP contribution in [-0.2, 0) is 12.2 Å². The van der Waals surface area contributed by atoms with Crippen molar-refractivity contribution in [3.05, 3.63) is 57.5 Å². The zero-order chi connectivity index (χ0) is 17.2. The molecule has 4 aromatic rings. The highest BCUT2D eigenvalue weighted by Gasteiger charge is 2.12. The van der Waals surface area contributed by atoms with E-state index in [-0.39, 0.29) is 5.56 Å². The molecule has 0 N–H and O–H groups in total. The van der Waals surface area contributed by atoms with E-state index in [1.807, 2.05) is 37.3 Å². The summed E-state index contributed by atoms with van der Waals surface area (Å²) in [6.45, 7) is 2.00. The van der Waals surface area contributed by atoms with Crippen LogP contribution >= 0.6 is 23.1 Å². The summed E-state index contributed by atoms with van der Waals surface area (Å²) >= 11 is 2.78. The molecule has 0 saturated heterocycles. The first-order valence-electron chi connectivity index (χ1n) is 7.63. The maximum atomic E-state index is 12.1. The van der Waals surface area contributed by atoms with Crippen LogP contribution in [0.5, 0.6) is 0 Å². The molecule has 0 amide bonds. The standard InChI is InChI=1S/C16H13N5O2S2/c1-2-12-20-21-13(22)8-11(17-15(21)25-12)9-24-16-19-18-14(23-16)10-6-4-3-5-7-10/h3-8H,2,9H2,1H3. The number of aryl methyl sites for hydroxylation is 1. The molecular formula is C16H13N5O2S2. The van der Waals surface area contributed by atoms with Gasteiger partial charge in [-0.15, -0.1) is 10.2 Å². The van der Waals surface area contributed by atoms with E-state index >= 15 is 0 Å². The summed E-state index contributed by atoms with van der Waals surface area (Å²) in [5, 5.41) is 13.7. The Hall–Kier alpha value is -2.52. The minimum Gasteiger partial charge on any atom is -0.411 e. The molecule has 0 bridgehead atoms. The molecule has 0 unspecified atom stereocenters. The van der Waals surface area contributed by atoms with Crippen molar-refractivity contribution in [1.29, 1.82) is 0 Å². The number of thioether (sulfide) groups is 1. The fraction of sp³-hybridized carbons (Fsp3) is 0.188. The van der Waals surface area contributed by atoms with Gasteiger partial charge in [-0.25, -0.2) is 4.98 Å². The smallest absolute Gasteiger partial charge is 0.277 e. The van der Waals surface area contributed by atoms with Crippen LogP contribution in [0, 0.1) is 0 Å². The molecule has 0 aliphatic rings. The van der Waals surface area contributed by atoms with Crippen molar-refractivity contribution in [2.24, 2.45) is 0 Å². The molecule has 3 aromatic heterocycles. The third-order valence-corrected chi connectivity index (χ3v) is 5.32. The largest absolute Gasteiger partial charge is 0.411 e. The van der Waals surface area contributed by atoms with E-state index in [0.29, 0.717) is 27.5 Å². The predicted octanol–water partition coefficient (Wildman–Crippen LogP) is 3.06. The lowest BCUT2D eigenvalue weighted by Crippen LogP contribution is -2.15. The Kier molecular flexibility index (Phi) is 4.33. The number of nitrogens with zero attached hydrogens (tertiary/aromatic N) is 5. The van der Waals surface area contributed by atoms with Gasteiger partial charge in [-0.1, -0.05) is 48.2 Å². The fourth-order valence-electron chi connectivity index (χ4n) is 2.21. The van der Waals surface area contributed by atoms with Crippen molar-refractivity contribution >= 4 is 28.1 Å². The van der Waals surface area contributed by atoms with Crippen molar-refractivity contribution in [2.45, 2.75) is 24.3 Å². The third-order valence-electron chi connectivity index (χ3n) is 3.41. The van der Waals surface area contributed by atoms with Gasteiger partial charge in [0, 0.05) is 17.4 Å². The van der Waals surface area contributed by atoms with Crippen LogP contribution in [0.15, 0.2) is 50.8 Å². The van der Waals surface area contributed by atoms with Gasteiger partial charge in [0.25, 0.3) is 10.8 Å². The summed E-state index contributed by atoms with van der Waals surface area (Å²) in [5.41, 5.74) is 1.37. The van der Waals surface area contributed by atoms with Gasteiger partial charge in [0.2, 0.25) is 10.9 Å². The van der Waals surface area contributed by atoms with E-state index in [4.69, 9.17) is 4.42 Å². The second kappa shape index (κ2) is 6.77. The molecule has 25 heavy (non-hydrogen) atoms. The Morgan fingerprint density at radius 2 is 2.08 bits per heavy atom. The summed E-state index contributed by atoms with van der Waals surface area (Å²) in [4.78, 5) is 17.2.